The quantitative estimate of drug-likeness (QED) is 0.618. The van der Waals surface area contributed by atoms with E-state index in [-0.39, 0.29) is 18.4 Å². The van der Waals surface area contributed by atoms with Crippen LogP contribution in [-0.2, 0) is 27.8 Å². The lowest BCUT2D eigenvalue weighted by Crippen LogP contribution is -2.35. The van der Waals surface area contributed by atoms with Crippen LogP contribution in [0.4, 0.5) is 0 Å². The zero-order valence-corrected chi connectivity index (χ0v) is 18.9. The summed E-state index contributed by atoms with van der Waals surface area (Å²) in [5.41, 5.74) is 1.07. The molecule has 6 nitrogen and oxygen atoms in total. The largest absolute Gasteiger partial charge is 0.497 e. The van der Waals surface area contributed by atoms with Crippen LogP contribution >= 0.6 is 11.3 Å². The molecule has 162 valence electrons. The third-order valence-electron chi connectivity index (χ3n) is 5.69. The number of carbonyl (C=O) groups is 1. The van der Waals surface area contributed by atoms with Gasteiger partial charge in [-0.15, -0.1) is 11.3 Å². The molecule has 30 heavy (non-hydrogen) atoms. The molecular formula is C22H28N2O4S2. The third kappa shape index (κ3) is 4.87. The Kier molecular flexibility index (Phi) is 6.46. The summed E-state index contributed by atoms with van der Waals surface area (Å²) in [7, 11) is -1.81. The van der Waals surface area contributed by atoms with Gasteiger partial charge in [-0.25, -0.2) is 8.42 Å². The summed E-state index contributed by atoms with van der Waals surface area (Å²) in [5.74, 6) is 0.848. The van der Waals surface area contributed by atoms with Gasteiger partial charge in [0.2, 0.25) is 5.91 Å². The number of piperidine rings is 1. The van der Waals surface area contributed by atoms with Crippen LogP contribution < -0.4 is 4.74 Å². The number of carbonyl (C=O) groups excluding carboxylic acids is 1. The maximum atomic E-state index is 13.0. The van der Waals surface area contributed by atoms with Gasteiger partial charge in [-0.2, -0.15) is 4.31 Å². The van der Waals surface area contributed by atoms with Gasteiger partial charge in [0.05, 0.1) is 13.5 Å². The van der Waals surface area contributed by atoms with Crippen molar-refractivity contribution in [3.05, 3.63) is 46.8 Å². The molecule has 1 aliphatic heterocycles. The molecule has 1 aromatic heterocycles. The summed E-state index contributed by atoms with van der Waals surface area (Å²) in [6, 6.07) is 11.5. The Hall–Kier alpha value is -1.90. The SMILES string of the molecule is COc1ccc(CN(C(=O)Cc2ccc(S(=O)(=O)N3CCCCC3)s2)C2CC2)cc1. The van der Waals surface area contributed by atoms with Crippen molar-refractivity contribution < 1.29 is 17.9 Å². The maximum Gasteiger partial charge on any atom is 0.252 e. The molecule has 1 saturated carbocycles. The fourth-order valence-electron chi connectivity index (χ4n) is 3.81. The fraction of sp³-hybridized carbons (Fsp3) is 0.500. The van der Waals surface area contributed by atoms with E-state index in [1.807, 2.05) is 29.2 Å². The first-order chi connectivity index (χ1) is 14.5. The van der Waals surface area contributed by atoms with Crippen molar-refractivity contribution in [2.75, 3.05) is 20.2 Å². The minimum absolute atomic E-state index is 0.0529. The van der Waals surface area contributed by atoms with Gasteiger partial charge >= 0.3 is 0 Å². The van der Waals surface area contributed by atoms with Crippen molar-refractivity contribution in [1.29, 1.82) is 0 Å². The summed E-state index contributed by atoms with van der Waals surface area (Å²) in [4.78, 5) is 15.8. The average molecular weight is 449 g/mol. The summed E-state index contributed by atoms with van der Waals surface area (Å²) in [5, 5.41) is 0. The molecule has 0 atom stereocenters. The highest BCUT2D eigenvalue weighted by Gasteiger charge is 2.33. The monoisotopic (exact) mass is 448 g/mol. The number of methoxy groups -OCH3 is 1. The molecule has 0 unspecified atom stereocenters. The van der Waals surface area contributed by atoms with Crippen molar-refractivity contribution in [3.63, 3.8) is 0 Å². The van der Waals surface area contributed by atoms with E-state index in [0.29, 0.717) is 23.8 Å². The van der Waals surface area contributed by atoms with E-state index in [9.17, 15) is 13.2 Å². The van der Waals surface area contributed by atoms with E-state index in [4.69, 9.17) is 4.74 Å². The normalized spacial score (nSPS) is 17.6. The predicted molar refractivity (Wildman–Crippen MR) is 117 cm³/mol. The van der Waals surface area contributed by atoms with Crippen LogP contribution in [0.1, 0.15) is 42.5 Å². The van der Waals surface area contributed by atoms with E-state index in [0.717, 1.165) is 48.3 Å². The molecule has 0 bridgehead atoms. The molecule has 4 rings (SSSR count). The number of rotatable bonds is 8. The smallest absolute Gasteiger partial charge is 0.252 e. The summed E-state index contributed by atoms with van der Waals surface area (Å²) >= 11 is 1.23. The second-order valence-corrected chi connectivity index (χ2v) is 11.3. The first kappa shape index (κ1) is 21.3. The van der Waals surface area contributed by atoms with E-state index in [2.05, 4.69) is 0 Å². The molecule has 2 aliphatic rings. The van der Waals surface area contributed by atoms with Crippen LogP contribution in [0.5, 0.6) is 5.75 Å². The molecule has 1 amide bonds. The Morgan fingerprint density at radius 1 is 1.10 bits per heavy atom. The molecule has 1 aliphatic carbocycles. The Labute approximate surface area is 182 Å². The van der Waals surface area contributed by atoms with Crippen molar-refractivity contribution in [1.82, 2.24) is 9.21 Å². The molecule has 8 heteroatoms. The minimum atomic E-state index is -3.44. The van der Waals surface area contributed by atoms with Crippen LogP contribution in [0.3, 0.4) is 0 Å². The van der Waals surface area contributed by atoms with Gasteiger partial charge in [0.1, 0.15) is 9.96 Å². The van der Waals surface area contributed by atoms with E-state index >= 15 is 0 Å². The van der Waals surface area contributed by atoms with Gasteiger partial charge < -0.3 is 9.64 Å². The van der Waals surface area contributed by atoms with Gasteiger partial charge in [-0.1, -0.05) is 18.6 Å². The zero-order chi connectivity index (χ0) is 21.1. The lowest BCUT2D eigenvalue weighted by molar-refractivity contribution is -0.131. The number of nitrogens with zero attached hydrogens (tertiary/aromatic N) is 2. The molecule has 0 N–H and O–H groups in total. The van der Waals surface area contributed by atoms with Gasteiger partial charge in [-0.05, 0) is 55.5 Å². The highest BCUT2D eigenvalue weighted by atomic mass is 32.2. The third-order valence-corrected chi connectivity index (χ3v) is 9.14. The number of hydrogen-bond acceptors (Lipinski definition) is 5. The standard InChI is InChI=1S/C22H28N2O4S2/c1-28-19-9-5-17(6-10-19)16-24(18-7-8-18)21(25)15-20-11-12-22(29-20)30(26,27)23-13-3-2-4-14-23/h5-6,9-12,18H,2-4,7-8,13-16H2,1H3. The van der Waals surface area contributed by atoms with Gasteiger partial charge in [0.15, 0.2) is 0 Å². The lowest BCUT2D eigenvalue weighted by atomic mass is 10.2. The van der Waals surface area contributed by atoms with E-state index in [1.165, 1.54) is 11.3 Å². The number of benzene rings is 1. The molecule has 0 spiro atoms. The Morgan fingerprint density at radius 3 is 2.43 bits per heavy atom. The van der Waals surface area contributed by atoms with Crippen LogP contribution in [0.25, 0.3) is 0 Å². The summed E-state index contributed by atoms with van der Waals surface area (Å²) in [6.07, 6.45) is 5.21. The van der Waals surface area contributed by atoms with Gasteiger partial charge in [0.25, 0.3) is 10.0 Å². The number of hydrogen-bond donors (Lipinski definition) is 0. The molecule has 1 saturated heterocycles. The molecule has 1 aromatic carbocycles. The first-order valence-electron chi connectivity index (χ1n) is 10.5. The molecule has 2 aromatic rings. The Morgan fingerprint density at radius 2 is 1.80 bits per heavy atom. The summed E-state index contributed by atoms with van der Waals surface area (Å²) < 4.78 is 32.9. The number of thiophene rings is 1. The average Bonchev–Trinajstić information content (AvgIpc) is 3.50. The predicted octanol–water partition coefficient (Wildman–Crippen LogP) is 3.67. The number of sulfonamides is 1. The van der Waals surface area contributed by atoms with Crippen molar-refractivity contribution in [2.24, 2.45) is 0 Å². The second-order valence-electron chi connectivity index (χ2n) is 7.96. The van der Waals surface area contributed by atoms with Crippen LogP contribution in [0, 0.1) is 0 Å². The molecule has 2 heterocycles. The molecule has 0 radical (unpaired) electrons. The van der Waals surface area contributed by atoms with Crippen LogP contribution in [0.15, 0.2) is 40.6 Å². The molecule has 2 fully saturated rings. The minimum Gasteiger partial charge on any atom is -0.497 e. The first-order valence-corrected chi connectivity index (χ1v) is 12.7. The number of ether oxygens (including phenoxy) is 1. The van der Waals surface area contributed by atoms with Crippen molar-refractivity contribution >= 4 is 27.3 Å². The topological polar surface area (TPSA) is 66.9 Å². The Balaban J connectivity index is 1.43. The summed E-state index contributed by atoms with van der Waals surface area (Å²) in [6.45, 7) is 1.75. The zero-order valence-electron chi connectivity index (χ0n) is 17.2. The van der Waals surface area contributed by atoms with E-state index in [1.54, 1.807) is 23.5 Å². The van der Waals surface area contributed by atoms with Crippen molar-refractivity contribution in [2.45, 2.75) is 55.3 Å². The second kappa shape index (κ2) is 9.08. The van der Waals surface area contributed by atoms with Gasteiger partial charge in [-0.3, -0.25) is 4.79 Å². The van der Waals surface area contributed by atoms with Crippen molar-refractivity contribution in [3.8, 4) is 5.75 Å². The Bertz CT molecular complexity index is 975. The highest BCUT2D eigenvalue weighted by Crippen LogP contribution is 2.31. The number of amides is 1. The van der Waals surface area contributed by atoms with Gasteiger partial charge in [0, 0.05) is 30.6 Å². The van der Waals surface area contributed by atoms with E-state index < -0.39 is 10.0 Å². The fourth-order valence-corrected chi connectivity index (χ4v) is 6.83. The van der Waals surface area contributed by atoms with Crippen LogP contribution in [0.2, 0.25) is 0 Å². The van der Waals surface area contributed by atoms with Crippen LogP contribution in [-0.4, -0.2) is 49.8 Å². The lowest BCUT2D eigenvalue weighted by Gasteiger charge is -2.25. The maximum absolute atomic E-state index is 13.0. The highest BCUT2D eigenvalue weighted by molar-refractivity contribution is 7.91. The molecular weight excluding hydrogens is 420 g/mol.